The Balaban J connectivity index is 1.61. The van der Waals surface area contributed by atoms with Crippen LogP contribution in [0.2, 0.25) is 0 Å². The Labute approximate surface area is 158 Å². The number of ether oxygens (including phenoxy) is 1. The number of carbonyl (C=O) groups excluding carboxylic acids is 1. The number of Topliss-reactive ketones (excluding diaryl/α,β-unsaturated/α-hetero) is 1. The van der Waals surface area contributed by atoms with E-state index in [0.717, 1.165) is 22.2 Å². The standard InChI is InChI=1S/C21H22N2O2S/c1-3-25-20-10-8-18(9-11-20)23-13-12-22-21(23)26-15-19(24)14-17-6-4-16(2)5-7-17/h4-13H,3,14-15H2,1-2H3. The van der Waals surface area contributed by atoms with Gasteiger partial charge in [-0.1, -0.05) is 41.6 Å². The zero-order valence-electron chi connectivity index (χ0n) is 15.0. The SMILES string of the molecule is CCOc1ccc(-n2ccnc2SCC(=O)Cc2ccc(C)cc2)cc1. The Bertz CT molecular complexity index is 854. The first-order chi connectivity index (χ1) is 12.7. The summed E-state index contributed by atoms with van der Waals surface area (Å²) in [6.07, 6.45) is 4.11. The molecule has 0 amide bonds. The molecule has 0 aliphatic carbocycles. The van der Waals surface area contributed by atoms with Crippen molar-refractivity contribution in [3.05, 3.63) is 72.1 Å². The molecule has 0 atom stereocenters. The monoisotopic (exact) mass is 366 g/mol. The maximum atomic E-state index is 12.3. The minimum atomic E-state index is 0.195. The highest BCUT2D eigenvalue weighted by Crippen LogP contribution is 2.22. The van der Waals surface area contributed by atoms with E-state index in [2.05, 4.69) is 4.98 Å². The number of aryl methyl sites for hydroxylation is 1. The Morgan fingerprint density at radius 3 is 2.54 bits per heavy atom. The fraction of sp³-hybridized carbons (Fsp3) is 0.238. The summed E-state index contributed by atoms with van der Waals surface area (Å²) < 4.78 is 7.46. The lowest BCUT2D eigenvalue weighted by atomic mass is 10.1. The van der Waals surface area contributed by atoms with Crippen molar-refractivity contribution < 1.29 is 9.53 Å². The molecule has 1 heterocycles. The highest BCUT2D eigenvalue weighted by atomic mass is 32.2. The first kappa shape index (κ1) is 18.3. The summed E-state index contributed by atoms with van der Waals surface area (Å²) in [7, 11) is 0. The second-order valence-corrected chi connectivity index (χ2v) is 6.94. The third kappa shape index (κ3) is 4.76. The van der Waals surface area contributed by atoms with Gasteiger partial charge in [-0.2, -0.15) is 0 Å². The lowest BCUT2D eigenvalue weighted by Crippen LogP contribution is -2.07. The van der Waals surface area contributed by atoms with Crippen LogP contribution in [0.1, 0.15) is 18.1 Å². The second kappa shape index (κ2) is 8.72. The lowest BCUT2D eigenvalue weighted by molar-refractivity contribution is -0.116. The molecule has 3 aromatic rings. The molecule has 134 valence electrons. The molecule has 0 bridgehead atoms. The lowest BCUT2D eigenvalue weighted by Gasteiger charge is -2.09. The zero-order valence-corrected chi connectivity index (χ0v) is 15.8. The van der Waals surface area contributed by atoms with Gasteiger partial charge in [-0.3, -0.25) is 9.36 Å². The van der Waals surface area contributed by atoms with Crippen molar-refractivity contribution in [1.29, 1.82) is 0 Å². The van der Waals surface area contributed by atoms with Crippen LogP contribution in [0, 0.1) is 6.92 Å². The topological polar surface area (TPSA) is 44.1 Å². The zero-order chi connectivity index (χ0) is 18.4. The molecule has 0 spiro atoms. The second-order valence-electron chi connectivity index (χ2n) is 6.00. The van der Waals surface area contributed by atoms with Crippen LogP contribution >= 0.6 is 11.8 Å². The van der Waals surface area contributed by atoms with Gasteiger partial charge >= 0.3 is 0 Å². The van der Waals surface area contributed by atoms with E-state index in [1.807, 2.05) is 73.1 Å². The Morgan fingerprint density at radius 1 is 1.12 bits per heavy atom. The Morgan fingerprint density at radius 2 is 1.85 bits per heavy atom. The maximum absolute atomic E-state index is 12.3. The number of rotatable bonds is 8. The number of benzene rings is 2. The van der Waals surface area contributed by atoms with Gasteiger partial charge in [0.25, 0.3) is 0 Å². The van der Waals surface area contributed by atoms with Gasteiger partial charge in [0.2, 0.25) is 0 Å². The van der Waals surface area contributed by atoms with Crippen molar-refractivity contribution in [2.45, 2.75) is 25.4 Å². The number of nitrogens with zero attached hydrogens (tertiary/aromatic N) is 2. The maximum Gasteiger partial charge on any atom is 0.173 e. The van der Waals surface area contributed by atoms with Gasteiger partial charge in [0.1, 0.15) is 11.5 Å². The number of hydrogen-bond donors (Lipinski definition) is 0. The van der Waals surface area contributed by atoms with Crippen molar-refractivity contribution in [1.82, 2.24) is 9.55 Å². The van der Waals surface area contributed by atoms with Crippen LogP contribution in [0.15, 0.2) is 66.1 Å². The number of carbonyl (C=O) groups is 1. The smallest absolute Gasteiger partial charge is 0.173 e. The number of aromatic nitrogens is 2. The van der Waals surface area contributed by atoms with Gasteiger partial charge in [-0.25, -0.2) is 4.98 Å². The molecule has 0 aliphatic heterocycles. The molecule has 0 fully saturated rings. The van der Waals surface area contributed by atoms with E-state index in [9.17, 15) is 4.79 Å². The number of thioether (sulfide) groups is 1. The molecule has 1 aromatic heterocycles. The van der Waals surface area contributed by atoms with Crippen LogP contribution in [-0.4, -0.2) is 27.7 Å². The van der Waals surface area contributed by atoms with E-state index in [1.165, 1.54) is 17.3 Å². The quantitative estimate of drug-likeness (QED) is 0.551. The summed E-state index contributed by atoms with van der Waals surface area (Å²) >= 11 is 1.46. The fourth-order valence-corrected chi connectivity index (χ4v) is 3.43. The van der Waals surface area contributed by atoms with Crippen LogP contribution in [0.5, 0.6) is 5.75 Å². The summed E-state index contributed by atoms with van der Waals surface area (Å²) in [6, 6.07) is 16.0. The molecule has 5 heteroatoms. The van der Waals surface area contributed by atoms with Crippen LogP contribution in [0.4, 0.5) is 0 Å². The largest absolute Gasteiger partial charge is 0.494 e. The molecule has 26 heavy (non-hydrogen) atoms. The number of hydrogen-bond acceptors (Lipinski definition) is 4. The minimum Gasteiger partial charge on any atom is -0.494 e. The van der Waals surface area contributed by atoms with E-state index in [0.29, 0.717) is 18.8 Å². The molecule has 0 saturated heterocycles. The van der Waals surface area contributed by atoms with Crippen LogP contribution in [0.25, 0.3) is 5.69 Å². The summed E-state index contributed by atoms with van der Waals surface area (Å²) in [6.45, 7) is 4.66. The average molecular weight is 366 g/mol. The molecule has 0 N–H and O–H groups in total. The van der Waals surface area contributed by atoms with E-state index in [-0.39, 0.29) is 5.78 Å². The molecular formula is C21H22N2O2S. The van der Waals surface area contributed by atoms with Crippen molar-refractivity contribution in [2.24, 2.45) is 0 Å². The van der Waals surface area contributed by atoms with Gasteiger partial charge in [-0.15, -0.1) is 0 Å². The Kier molecular flexibility index (Phi) is 6.12. The van der Waals surface area contributed by atoms with Gasteiger partial charge < -0.3 is 4.74 Å². The molecular weight excluding hydrogens is 344 g/mol. The Hall–Kier alpha value is -2.53. The van der Waals surface area contributed by atoms with E-state index < -0.39 is 0 Å². The first-order valence-electron chi connectivity index (χ1n) is 8.62. The molecule has 0 saturated carbocycles. The molecule has 3 rings (SSSR count). The van der Waals surface area contributed by atoms with Gasteiger partial charge in [0.15, 0.2) is 5.16 Å². The summed E-state index contributed by atoms with van der Waals surface area (Å²) in [5.74, 6) is 1.45. The van der Waals surface area contributed by atoms with E-state index in [1.54, 1.807) is 6.20 Å². The molecule has 0 unspecified atom stereocenters. The van der Waals surface area contributed by atoms with Crippen LogP contribution in [-0.2, 0) is 11.2 Å². The molecule has 2 aromatic carbocycles. The van der Waals surface area contributed by atoms with Gasteiger partial charge in [-0.05, 0) is 43.7 Å². The normalized spacial score (nSPS) is 10.7. The van der Waals surface area contributed by atoms with Crippen molar-refractivity contribution >= 4 is 17.5 Å². The summed E-state index contributed by atoms with van der Waals surface area (Å²) in [5.41, 5.74) is 3.25. The van der Waals surface area contributed by atoms with Crippen molar-refractivity contribution in [2.75, 3.05) is 12.4 Å². The number of imidazole rings is 1. The van der Waals surface area contributed by atoms with Crippen molar-refractivity contribution in [3.8, 4) is 11.4 Å². The highest BCUT2D eigenvalue weighted by molar-refractivity contribution is 7.99. The fourth-order valence-electron chi connectivity index (χ4n) is 2.59. The first-order valence-corrected chi connectivity index (χ1v) is 9.61. The summed E-state index contributed by atoms with van der Waals surface area (Å²) in [5, 5.41) is 0.811. The number of ketones is 1. The minimum absolute atomic E-state index is 0.195. The van der Waals surface area contributed by atoms with Crippen LogP contribution in [0.3, 0.4) is 0 Å². The van der Waals surface area contributed by atoms with Crippen LogP contribution < -0.4 is 4.74 Å². The predicted octanol–water partition coefficient (Wildman–Crippen LogP) is 4.48. The molecule has 4 nitrogen and oxygen atoms in total. The van der Waals surface area contributed by atoms with Gasteiger partial charge in [0.05, 0.1) is 12.4 Å². The third-order valence-corrected chi connectivity index (χ3v) is 4.94. The highest BCUT2D eigenvalue weighted by Gasteiger charge is 2.10. The van der Waals surface area contributed by atoms with E-state index >= 15 is 0 Å². The molecule has 0 aliphatic rings. The summed E-state index contributed by atoms with van der Waals surface area (Å²) in [4.78, 5) is 16.7. The van der Waals surface area contributed by atoms with Crippen molar-refractivity contribution in [3.63, 3.8) is 0 Å². The van der Waals surface area contributed by atoms with Gasteiger partial charge in [0, 0.05) is 24.5 Å². The average Bonchev–Trinajstić information content (AvgIpc) is 3.11. The van der Waals surface area contributed by atoms with E-state index in [4.69, 9.17) is 4.74 Å². The third-order valence-electron chi connectivity index (χ3n) is 3.92. The molecule has 0 radical (unpaired) electrons. The predicted molar refractivity (Wildman–Crippen MR) is 105 cm³/mol.